The van der Waals surface area contributed by atoms with Gasteiger partial charge in [0.15, 0.2) is 5.76 Å². The van der Waals surface area contributed by atoms with Crippen LogP contribution >= 0.6 is 0 Å². The molecule has 2 heterocycles. The van der Waals surface area contributed by atoms with Gasteiger partial charge in [-0.3, -0.25) is 4.79 Å². The van der Waals surface area contributed by atoms with E-state index in [4.69, 9.17) is 9.15 Å². The first-order chi connectivity index (χ1) is 11.1. The Bertz CT molecular complexity index is 821. The molecule has 1 amide bonds. The van der Waals surface area contributed by atoms with Gasteiger partial charge in [0, 0.05) is 42.0 Å². The van der Waals surface area contributed by atoms with Gasteiger partial charge in [0.1, 0.15) is 11.3 Å². The maximum atomic E-state index is 12.4. The van der Waals surface area contributed by atoms with Crippen molar-refractivity contribution < 1.29 is 13.9 Å². The molecular formula is C17H19N3O3. The normalized spacial score (nSPS) is 12.3. The Labute approximate surface area is 134 Å². The highest BCUT2D eigenvalue weighted by atomic mass is 16.5. The van der Waals surface area contributed by atoms with Crippen molar-refractivity contribution in [1.82, 2.24) is 14.9 Å². The first-order valence-corrected chi connectivity index (χ1v) is 7.43. The molecule has 0 bridgehead atoms. The van der Waals surface area contributed by atoms with Crippen molar-refractivity contribution in [3.05, 3.63) is 48.2 Å². The number of hydrogen-bond acceptors (Lipinski definition) is 4. The van der Waals surface area contributed by atoms with E-state index in [1.54, 1.807) is 25.7 Å². The molecule has 0 saturated heterocycles. The second kappa shape index (κ2) is 6.16. The van der Waals surface area contributed by atoms with E-state index in [0.717, 1.165) is 10.9 Å². The van der Waals surface area contributed by atoms with Crippen molar-refractivity contribution in [3.63, 3.8) is 0 Å². The zero-order chi connectivity index (χ0) is 16.4. The number of furan rings is 1. The molecule has 23 heavy (non-hydrogen) atoms. The van der Waals surface area contributed by atoms with E-state index in [1.165, 1.54) is 0 Å². The number of hydrogen-bond donors (Lipinski definition) is 1. The topological polar surface area (TPSA) is 69.3 Å². The Morgan fingerprint density at radius 1 is 1.48 bits per heavy atom. The van der Waals surface area contributed by atoms with Crippen LogP contribution in [0.1, 0.15) is 29.1 Å². The number of aromatic nitrogens is 2. The maximum Gasteiger partial charge on any atom is 0.287 e. The largest absolute Gasteiger partial charge is 0.497 e. The van der Waals surface area contributed by atoms with Crippen LogP contribution in [0, 0.1) is 6.92 Å². The molecule has 0 spiro atoms. The van der Waals surface area contributed by atoms with Crippen LogP contribution in [0.4, 0.5) is 0 Å². The van der Waals surface area contributed by atoms with Crippen LogP contribution in [-0.4, -0.2) is 29.1 Å². The minimum absolute atomic E-state index is 0.117. The lowest BCUT2D eigenvalue weighted by atomic mass is 10.1. The second-order valence-electron chi connectivity index (χ2n) is 5.49. The summed E-state index contributed by atoms with van der Waals surface area (Å²) in [5, 5.41) is 3.82. The van der Waals surface area contributed by atoms with Crippen LogP contribution in [0.15, 0.2) is 41.3 Å². The lowest BCUT2D eigenvalue weighted by Crippen LogP contribution is -2.29. The van der Waals surface area contributed by atoms with Gasteiger partial charge in [0.25, 0.3) is 5.91 Å². The molecule has 0 aliphatic rings. The summed E-state index contributed by atoms with van der Waals surface area (Å²) < 4.78 is 12.8. The summed E-state index contributed by atoms with van der Waals surface area (Å²) >= 11 is 0. The molecule has 0 saturated carbocycles. The number of benzene rings is 1. The minimum Gasteiger partial charge on any atom is -0.497 e. The van der Waals surface area contributed by atoms with Gasteiger partial charge < -0.3 is 19.0 Å². The highest BCUT2D eigenvalue weighted by Gasteiger charge is 2.18. The predicted molar refractivity (Wildman–Crippen MR) is 86.8 cm³/mol. The van der Waals surface area contributed by atoms with Gasteiger partial charge in [-0.25, -0.2) is 4.98 Å². The molecule has 1 aromatic carbocycles. The van der Waals surface area contributed by atoms with Gasteiger partial charge in [-0.1, -0.05) is 0 Å². The molecule has 0 radical (unpaired) electrons. The number of nitrogens with zero attached hydrogens (tertiary/aromatic N) is 2. The summed E-state index contributed by atoms with van der Waals surface area (Å²) in [7, 11) is 1.60. The van der Waals surface area contributed by atoms with E-state index in [-0.39, 0.29) is 11.9 Å². The first-order valence-electron chi connectivity index (χ1n) is 7.43. The van der Waals surface area contributed by atoms with Crippen molar-refractivity contribution in [2.75, 3.05) is 13.7 Å². The Morgan fingerprint density at radius 2 is 2.30 bits per heavy atom. The summed E-state index contributed by atoms with van der Waals surface area (Å²) in [6, 6.07) is 5.66. The molecule has 2 aromatic heterocycles. The number of methoxy groups -OCH3 is 1. The summed E-state index contributed by atoms with van der Waals surface area (Å²) in [5.74, 6) is 0.822. The molecule has 120 valence electrons. The van der Waals surface area contributed by atoms with Crippen molar-refractivity contribution in [2.45, 2.75) is 19.9 Å². The molecule has 3 aromatic rings. The van der Waals surface area contributed by atoms with E-state index in [2.05, 4.69) is 10.3 Å². The van der Waals surface area contributed by atoms with Crippen LogP contribution in [0.3, 0.4) is 0 Å². The van der Waals surface area contributed by atoms with Crippen LogP contribution < -0.4 is 10.1 Å². The fourth-order valence-electron chi connectivity index (χ4n) is 2.51. The predicted octanol–water partition coefficient (Wildman–Crippen LogP) is 2.94. The zero-order valence-electron chi connectivity index (χ0n) is 13.4. The Hall–Kier alpha value is -2.76. The average Bonchev–Trinajstić information content (AvgIpc) is 3.20. The molecule has 0 fully saturated rings. The van der Waals surface area contributed by atoms with E-state index < -0.39 is 0 Å². The van der Waals surface area contributed by atoms with Crippen LogP contribution in [-0.2, 0) is 0 Å². The fourth-order valence-corrected chi connectivity index (χ4v) is 2.51. The van der Waals surface area contributed by atoms with Gasteiger partial charge >= 0.3 is 0 Å². The van der Waals surface area contributed by atoms with Gasteiger partial charge in [-0.05, 0) is 26.0 Å². The van der Waals surface area contributed by atoms with Gasteiger partial charge in [-0.2, -0.15) is 0 Å². The van der Waals surface area contributed by atoms with E-state index in [1.807, 2.05) is 36.7 Å². The Morgan fingerprint density at radius 3 is 3.00 bits per heavy atom. The van der Waals surface area contributed by atoms with Crippen molar-refractivity contribution in [3.8, 4) is 5.75 Å². The second-order valence-corrected chi connectivity index (χ2v) is 5.49. The number of rotatable bonds is 5. The molecule has 1 N–H and O–H groups in total. The van der Waals surface area contributed by atoms with E-state index in [0.29, 0.717) is 23.6 Å². The molecule has 6 heteroatoms. The molecule has 0 unspecified atom stereocenters. The van der Waals surface area contributed by atoms with E-state index >= 15 is 0 Å². The molecular weight excluding hydrogens is 294 g/mol. The number of imidazole rings is 1. The monoisotopic (exact) mass is 313 g/mol. The van der Waals surface area contributed by atoms with Crippen molar-refractivity contribution in [2.24, 2.45) is 0 Å². The third kappa shape index (κ3) is 2.92. The Kier molecular flexibility index (Phi) is 4.06. The molecule has 0 aliphatic heterocycles. The van der Waals surface area contributed by atoms with E-state index in [9.17, 15) is 4.79 Å². The fraction of sp³-hybridized carbons (Fsp3) is 0.294. The Balaban J connectivity index is 1.76. The maximum absolute atomic E-state index is 12.4. The number of aryl methyl sites for hydroxylation is 1. The van der Waals surface area contributed by atoms with Crippen molar-refractivity contribution >= 4 is 16.9 Å². The smallest absolute Gasteiger partial charge is 0.287 e. The minimum atomic E-state index is -0.218. The number of nitrogens with one attached hydrogen (secondary N) is 1. The third-order valence-corrected chi connectivity index (χ3v) is 3.94. The number of amides is 1. The number of carbonyl (C=O) groups is 1. The highest BCUT2D eigenvalue weighted by molar-refractivity contribution is 5.99. The van der Waals surface area contributed by atoms with Crippen LogP contribution in [0.5, 0.6) is 5.75 Å². The third-order valence-electron chi connectivity index (χ3n) is 3.94. The standard InChI is InChI=1S/C17H19N3O3/c1-11(20-7-6-18-10-20)9-19-17(21)16-12(2)14-5-4-13(22-3)8-15(14)23-16/h4-8,10-11H,9H2,1-3H3,(H,19,21)/t11-/m1/s1. The van der Waals surface area contributed by atoms with Gasteiger partial charge in [0.2, 0.25) is 0 Å². The SMILES string of the molecule is COc1ccc2c(C)c(C(=O)NC[C@@H](C)n3ccnc3)oc2c1. The molecule has 1 atom stereocenters. The summed E-state index contributed by atoms with van der Waals surface area (Å²) in [4.78, 5) is 16.4. The highest BCUT2D eigenvalue weighted by Crippen LogP contribution is 2.28. The van der Waals surface area contributed by atoms with Crippen LogP contribution in [0.25, 0.3) is 11.0 Å². The quantitative estimate of drug-likeness (QED) is 0.786. The average molecular weight is 313 g/mol. The zero-order valence-corrected chi connectivity index (χ0v) is 13.4. The van der Waals surface area contributed by atoms with Gasteiger partial charge in [0.05, 0.1) is 13.4 Å². The lowest BCUT2D eigenvalue weighted by molar-refractivity contribution is 0.0922. The first kappa shape index (κ1) is 15.1. The summed E-state index contributed by atoms with van der Waals surface area (Å²) in [6.45, 7) is 4.39. The number of carbonyl (C=O) groups excluding carboxylic acids is 1. The summed E-state index contributed by atoms with van der Waals surface area (Å²) in [6.07, 6.45) is 5.32. The number of ether oxygens (including phenoxy) is 1. The molecule has 6 nitrogen and oxygen atoms in total. The number of fused-ring (bicyclic) bond motifs is 1. The molecule has 0 aliphatic carbocycles. The summed E-state index contributed by atoms with van der Waals surface area (Å²) in [5.41, 5.74) is 1.48. The van der Waals surface area contributed by atoms with Crippen LogP contribution in [0.2, 0.25) is 0 Å². The van der Waals surface area contributed by atoms with Crippen molar-refractivity contribution in [1.29, 1.82) is 0 Å². The lowest BCUT2D eigenvalue weighted by Gasteiger charge is -2.13. The molecule has 3 rings (SSSR count). The van der Waals surface area contributed by atoms with Gasteiger partial charge in [-0.15, -0.1) is 0 Å².